The maximum atomic E-state index is 13.8. The highest BCUT2D eigenvalue weighted by atomic mass is 79.9. The molecule has 3 fully saturated rings. The van der Waals surface area contributed by atoms with Crippen molar-refractivity contribution in [3.05, 3.63) is 64.1 Å². The largest absolute Gasteiger partial charge is 0.444 e. The Morgan fingerprint density at radius 2 is 1.61 bits per heavy atom. The minimum atomic E-state index is -0.543. The molecule has 2 saturated heterocycles. The molecule has 1 atom stereocenters. The molecule has 220 valence electrons. The first kappa shape index (κ1) is 29.4. The SMILES string of the molecule is CC(C)(C)OC(=O)N1CCN(C(=O)c2cccc(N3CCC[C@@H](C(=O)N(Cc4ccc(Br)cc4)C4CC4)C3)c2)CC1. The number of rotatable bonds is 6. The molecule has 0 N–H and O–H groups in total. The van der Waals surface area contributed by atoms with Crippen molar-refractivity contribution >= 4 is 39.5 Å². The zero-order valence-electron chi connectivity index (χ0n) is 24.4. The summed E-state index contributed by atoms with van der Waals surface area (Å²) in [6.07, 6.45) is 3.65. The van der Waals surface area contributed by atoms with Gasteiger partial charge >= 0.3 is 6.09 Å². The standard InChI is InChI=1S/C32H41BrN4O4/c1-32(2,3)41-31(40)35-18-16-34(17-19-35)29(38)24-6-4-8-28(20-24)36-15-5-7-25(22-36)30(39)37(27-13-14-27)21-23-9-11-26(33)12-10-23/h4,6,8-12,20,25,27H,5,7,13-19,21-22H2,1-3H3/t25-/m1/s1. The predicted molar refractivity (Wildman–Crippen MR) is 163 cm³/mol. The van der Waals surface area contributed by atoms with E-state index in [9.17, 15) is 14.4 Å². The summed E-state index contributed by atoms with van der Waals surface area (Å²) in [7, 11) is 0. The smallest absolute Gasteiger partial charge is 0.410 e. The highest BCUT2D eigenvalue weighted by Crippen LogP contribution is 2.33. The van der Waals surface area contributed by atoms with Crippen molar-refractivity contribution in [1.82, 2.24) is 14.7 Å². The lowest BCUT2D eigenvalue weighted by molar-refractivity contribution is -0.137. The van der Waals surface area contributed by atoms with Crippen molar-refractivity contribution in [1.29, 1.82) is 0 Å². The third-order valence-electron chi connectivity index (χ3n) is 7.98. The number of nitrogens with zero attached hydrogens (tertiary/aromatic N) is 4. The lowest BCUT2D eigenvalue weighted by Gasteiger charge is -2.37. The maximum absolute atomic E-state index is 13.8. The number of carbonyl (C=O) groups is 3. The summed E-state index contributed by atoms with van der Waals surface area (Å²) < 4.78 is 6.52. The van der Waals surface area contributed by atoms with Crippen LogP contribution in [0.3, 0.4) is 0 Å². The highest BCUT2D eigenvalue weighted by Gasteiger charge is 2.37. The summed E-state index contributed by atoms with van der Waals surface area (Å²) in [5, 5.41) is 0. The quantitative estimate of drug-likeness (QED) is 0.421. The topological polar surface area (TPSA) is 73.4 Å². The minimum Gasteiger partial charge on any atom is -0.444 e. The maximum Gasteiger partial charge on any atom is 0.410 e. The van der Waals surface area contributed by atoms with Crippen LogP contribution in [0, 0.1) is 5.92 Å². The summed E-state index contributed by atoms with van der Waals surface area (Å²) in [4.78, 5) is 47.4. The van der Waals surface area contributed by atoms with Crippen molar-refractivity contribution in [2.45, 2.75) is 64.6 Å². The molecule has 5 rings (SSSR count). The monoisotopic (exact) mass is 624 g/mol. The number of amides is 3. The van der Waals surface area contributed by atoms with Gasteiger partial charge in [-0.15, -0.1) is 0 Å². The molecule has 0 unspecified atom stereocenters. The van der Waals surface area contributed by atoms with Gasteiger partial charge in [0.25, 0.3) is 5.91 Å². The van der Waals surface area contributed by atoms with Gasteiger partial charge in [0.05, 0.1) is 5.92 Å². The second-order valence-electron chi connectivity index (χ2n) is 12.4. The lowest BCUT2D eigenvalue weighted by Crippen LogP contribution is -2.51. The highest BCUT2D eigenvalue weighted by molar-refractivity contribution is 9.10. The molecule has 0 spiro atoms. The molecule has 3 aliphatic rings. The molecular weight excluding hydrogens is 584 g/mol. The van der Waals surface area contributed by atoms with Gasteiger partial charge in [0.15, 0.2) is 0 Å². The Bertz CT molecular complexity index is 1250. The average Bonchev–Trinajstić information content (AvgIpc) is 3.81. The minimum absolute atomic E-state index is 0.0327. The summed E-state index contributed by atoms with van der Waals surface area (Å²) in [6, 6.07) is 16.3. The molecule has 2 aromatic carbocycles. The van der Waals surface area contributed by atoms with Crippen molar-refractivity contribution in [3.8, 4) is 0 Å². The van der Waals surface area contributed by atoms with E-state index in [1.54, 1.807) is 9.80 Å². The number of halogens is 1. The zero-order valence-corrected chi connectivity index (χ0v) is 25.9. The number of piperidine rings is 1. The Balaban J connectivity index is 1.20. The number of anilines is 1. The molecule has 2 aromatic rings. The van der Waals surface area contributed by atoms with Gasteiger partial charge in [0, 0.05) is 67.6 Å². The van der Waals surface area contributed by atoms with Crippen LogP contribution in [-0.2, 0) is 16.1 Å². The molecule has 1 saturated carbocycles. The second kappa shape index (κ2) is 12.4. The molecule has 41 heavy (non-hydrogen) atoms. The number of ether oxygens (including phenoxy) is 1. The molecule has 0 aromatic heterocycles. The van der Waals surface area contributed by atoms with Crippen LogP contribution in [0.5, 0.6) is 0 Å². The fourth-order valence-corrected chi connectivity index (χ4v) is 5.91. The fourth-order valence-electron chi connectivity index (χ4n) is 5.64. The van der Waals surface area contributed by atoms with E-state index in [1.807, 2.05) is 57.2 Å². The van der Waals surface area contributed by atoms with Crippen LogP contribution >= 0.6 is 15.9 Å². The molecule has 8 nitrogen and oxygen atoms in total. The third-order valence-corrected chi connectivity index (χ3v) is 8.51. The first-order valence-corrected chi connectivity index (χ1v) is 15.5. The third kappa shape index (κ3) is 7.61. The fraction of sp³-hybridized carbons (Fsp3) is 0.531. The van der Waals surface area contributed by atoms with E-state index in [4.69, 9.17) is 4.74 Å². The molecular formula is C32H41BrN4O4. The van der Waals surface area contributed by atoms with Crippen LogP contribution in [0.15, 0.2) is 53.0 Å². The van der Waals surface area contributed by atoms with Gasteiger partial charge in [0.2, 0.25) is 5.91 Å². The first-order valence-electron chi connectivity index (χ1n) is 14.7. The van der Waals surface area contributed by atoms with Gasteiger partial charge in [-0.2, -0.15) is 0 Å². The van der Waals surface area contributed by atoms with E-state index in [0.717, 1.165) is 48.0 Å². The van der Waals surface area contributed by atoms with Crippen molar-refractivity contribution in [2.24, 2.45) is 5.92 Å². The van der Waals surface area contributed by atoms with Crippen LogP contribution < -0.4 is 4.90 Å². The normalized spacial score (nSPS) is 19.6. The van der Waals surface area contributed by atoms with E-state index in [-0.39, 0.29) is 23.8 Å². The van der Waals surface area contributed by atoms with E-state index >= 15 is 0 Å². The molecule has 3 amide bonds. The van der Waals surface area contributed by atoms with Gasteiger partial charge in [0.1, 0.15) is 5.60 Å². The Morgan fingerprint density at radius 1 is 0.927 bits per heavy atom. The number of piperazine rings is 1. The number of carbonyl (C=O) groups excluding carboxylic acids is 3. The number of hydrogen-bond donors (Lipinski definition) is 0. The van der Waals surface area contributed by atoms with Crippen molar-refractivity contribution in [3.63, 3.8) is 0 Å². The van der Waals surface area contributed by atoms with E-state index in [2.05, 4.69) is 37.9 Å². The van der Waals surface area contributed by atoms with Crippen LogP contribution in [0.4, 0.5) is 10.5 Å². The average molecular weight is 626 g/mol. The molecule has 2 aliphatic heterocycles. The summed E-state index contributed by atoms with van der Waals surface area (Å²) >= 11 is 3.50. The van der Waals surface area contributed by atoms with Gasteiger partial charge in [-0.3, -0.25) is 9.59 Å². The van der Waals surface area contributed by atoms with Gasteiger partial charge < -0.3 is 24.3 Å². The Morgan fingerprint density at radius 3 is 2.27 bits per heavy atom. The summed E-state index contributed by atoms with van der Waals surface area (Å²) in [5.74, 6) is 0.157. The van der Waals surface area contributed by atoms with Crippen LogP contribution in [0.1, 0.15) is 62.4 Å². The molecule has 9 heteroatoms. The summed E-state index contributed by atoms with van der Waals surface area (Å²) in [6.45, 7) is 9.58. The lowest BCUT2D eigenvalue weighted by atomic mass is 9.95. The molecule has 0 radical (unpaired) electrons. The van der Waals surface area contributed by atoms with Gasteiger partial charge in [-0.05, 0) is 82.3 Å². The number of hydrogen-bond acceptors (Lipinski definition) is 5. The van der Waals surface area contributed by atoms with Crippen LogP contribution in [0.25, 0.3) is 0 Å². The van der Waals surface area contributed by atoms with E-state index in [0.29, 0.717) is 50.9 Å². The predicted octanol–water partition coefficient (Wildman–Crippen LogP) is 5.55. The molecule has 2 heterocycles. The van der Waals surface area contributed by atoms with E-state index in [1.165, 1.54) is 0 Å². The van der Waals surface area contributed by atoms with Gasteiger partial charge in [-0.1, -0.05) is 34.1 Å². The summed E-state index contributed by atoms with van der Waals surface area (Å²) in [5.41, 5.74) is 2.22. The van der Waals surface area contributed by atoms with Crippen molar-refractivity contribution in [2.75, 3.05) is 44.2 Å². The Hall–Kier alpha value is -3.07. The van der Waals surface area contributed by atoms with Gasteiger partial charge in [-0.25, -0.2) is 4.79 Å². The Kier molecular flexibility index (Phi) is 8.92. The zero-order chi connectivity index (χ0) is 29.1. The van der Waals surface area contributed by atoms with Crippen molar-refractivity contribution < 1.29 is 19.1 Å². The molecule has 1 aliphatic carbocycles. The second-order valence-corrected chi connectivity index (χ2v) is 13.3. The first-order chi connectivity index (χ1) is 19.6. The van der Waals surface area contributed by atoms with Crippen LogP contribution in [0.2, 0.25) is 0 Å². The molecule has 0 bridgehead atoms. The Labute approximate surface area is 251 Å². The van der Waals surface area contributed by atoms with Crippen LogP contribution in [-0.4, -0.2) is 83.5 Å². The number of benzene rings is 2. The van der Waals surface area contributed by atoms with E-state index < -0.39 is 5.60 Å².